The molecule has 1 aromatic carbocycles. The van der Waals surface area contributed by atoms with Crippen molar-refractivity contribution in [3.05, 3.63) is 29.6 Å². The molecule has 21 heavy (non-hydrogen) atoms. The van der Waals surface area contributed by atoms with Crippen LogP contribution in [-0.4, -0.2) is 32.1 Å². The van der Waals surface area contributed by atoms with Crippen molar-refractivity contribution in [2.75, 3.05) is 6.61 Å². The van der Waals surface area contributed by atoms with E-state index in [2.05, 4.69) is 0 Å². The van der Waals surface area contributed by atoms with Gasteiger partial charge in [0.05, 0.1) is 19.3 Å². The summed E-state index contributed by atoms with van der Waals surface area (Å²) >= 11 is 0. The van der Waals surface area contributed by atoms with Crippen LogP contribution in [0.1, 0.15) is 19.4 Å². The van der Waals surface area contributed by atoms with Crippen LogP contribution in [0.2, 0.25) is 0 Å². The van der Waals surface area contributed by atoms with E-state index in [0.29, 0.717) is 17.6 Å². The molecule has 3 nitrogen and oxygen atoms in total. The quantitative estimate of drug-likeness (QED) is 0.631. The van der Waals surface area contributed by atoms with Gasteiger partial charge in [-0.05, 0) is 37.0 Å². The molecule has 0 aliphatic carbocycles. The standard InChI is InChI=1S/C13H15BF4O3/c1-8-6-20-14(21-8)11-3-10(4-12(15)5-11)7-19-9(2)13(16,17)18/h3-5,8-9H,6-7H2,1-2H3/t8?,9-/m1/s1. The van der Waals surface area contributed by atoms with E-state index in [1.807, 2.05) is 6.92 Å². The van der Waals surface area contributed by atoms with E-state index in [0.717, 1.165) is 13.0 Å². The lowest BCUT2D eigenvalue weighted by molar-refractivity contribution is -0.217. The third kappa shape index (κ3) is 4.42. The Morgan fingerprint density at radius 3 is 2.67 bits per heavy atom. The molecule has 1 fully saturated rings. The fourth-order valence-electron chi connectivity index (χ4n) is 1.90. The van der Waals surface area contributed by atoms with E-state index in [1.165, 1.54) is 12.1 Å². The van der Waals surface area contributed by atoms with Crippen molar-refractivity contribution < 1.29 is 31.6 Å². The zero-order chi connectivity index (χ0) is 15.6. The van der Waals surface area contributed by atoms with Gasteiger partial charge in [-0.1, -0.05) is 6.07 Å². The highest BCUT2D eigenvalue weighted by Gasteiger charge is 2.37. The zero-order valence-electron chi connectivity index (χ0n) is 11.6. The van der Waals surface area contributed by atoms with E-state index in [-0.39, 0.29) is 12.7 Å². The molecule has 0 amide bonds. The van der Waals surface area contributed by atoms with E-state index in [9.17, 15) is 17.6 Å². The summed E-state index contributed by atoms with van der Waals surface area (Å²) in [6.07, 6.45) is -6.46. The highest BCUT2D eigenvalue weighted by Crippen LogP contribution is 2.23. The van der Waals surface area contributed by atoms with Gasteiger partial charge in [0, 0.05) is 0 Å². The van der Waals surface area contributed by atoms with Crippen molar-refractivity contribution in [1.29, 1.82) is 0 Å². The van der Waals surface area contributed by atoms with Crippen LogP contribution in [0.5, 0.6) is 0 Å². The molecule has 1 unspecified atom stereocenters. The van der Waals surface area contributed by atoms with Crippen LogP contribution < -0.4 is 5.46 Å². The number of hydrogen-bond acceptors (Lipinski definition) is 3. The van der Waals surface area contributed by atoms with Gasteiger partial charge in [0.25, 0.3) is 0 Å². The van der Waals surface area contributed by atoms with Gasteiger partial charge in [0.2, 0.25) is 0 Å². The van der Waals surface area contributed by atoms with Gasteiger partial charge >= 0.3 is 13.3 Å². The Balaban J connectivity index is 2.05. The Labute approximate surface area is 120 Å². The number of alkyl halides is 3. The summed E-state index contributed by atoms with van der Waals surface area (Å²) in [4.78, 5) is 0. The van der Waals surface area contributed by atoms with E-state index >= 15 is 0 Å². The van der Waals surface area contributed by atoms with E-state index in [1.54, 1.807) is 0 Å². The SMILES string of the molecule is CC1COB(c2cc(F)cc(CO[C@H](C)C(F)(F)F)c2)O1. The van der Waals surface area contributed by atoms with E-state index in [4.69, 9.17) is 14.0 Å². The monoisotopic (exact) mass is 306 g/mol. The van der Waals surface area contributed by atoms with Gasteiger partial charge in [-0.2, -0.15) is 13.2 Å². The third-order valence-electron chi connectivity index (χ3n) is 3.05. The predicted molar refractivity (Wildman–Crippen MR) is 68.6 cm³/mol. The zero-order valence-corrected chi connectivity index (χ0v) is 11.6. The number of benzene rings is 1. The lowest BCUT2D eigenvalue weighted by Gasteiger charge is -2.16. The predicted octanol–water partition coefficient (Wildman–Crippen LogP) is 2.42. The maximum absolute atomic E-state index is 13.5. The molecule has 1 saturated heterocycles. The molecule has 1 aliphatic rings. The highest BCUT2D eigenvalue weighted by atomic mass is 19.4. The average Bonchev–Trinajstić information content (AvgIpc) is 2.81. The molecule has 2 atom stereocenters. The summed E-state index contributed by atoms with van der Waals surface area (Å²) in [6, 6.07) is 3.89. The molecule has 1 aliphatic heterocycles. The Kier molecular flexibility index (Phi) is 4.90. The smallest absolute Gasteiger partial charge is 0.405 e. The second-order valence-electron chi connectivity index (χ2n) is 5.00. The van der Waals surface area contributed by atoms with Crippen molar-refractivity contribution in [2.24, 2.45) is 0 Å². The first kappa shape index (κ1) is 16.3. The van der Waals surface area contributed by atoms with Crippen LogP contribution >= 0.6 is 0 Å². The van der Waals surface area contributed by atoms with Crippen molar-refractivity contribution in [3.63, 3.8) is 0 Å². The molecule has 0 spiro atoms. The molecule has 1 aromatic rings. The maximum Gasteiger partial charge on any atom is 0.494 e. The molecular formula is C13H15BF4O3. The summed E-state index contributed by atoms with van der Waals surface area (Å²) in [6.45, 7) is 2.77. The van der Waals surface area contributed by atoms with E-state index < -0.39 is 25.2 Å². The molecular weight excluding hydrogens is 291 g/mol. The lowest BCUT2D eigenvalue weighted by atomic mass is 9.78. The largest absolute Gasteiger partial charge is 0.494 e. The number of rotatable bonds is 4. The van der Waals surface area contributed by atoms with Crippen LogP contribution in [0, 0.1) is 5.82 Å². The summed E-state index contributed by atoms with van der Waals surface area (Å²) in [5.41, 5.74) is 0.727. The Morgan fingerprint density at radius 1 is 1.38 bits per heavy atom. The van der Waals surface area contributed by atoms with Gasteiger partial charge in [0.15, 0.2) is 6.10 Å². The Morgan fingerprint density at radius 2 is 2.10 bits per heavy atom. The molecule has 2 rings (SSSR count). The summed E-state index contributed by atoms with van der Waals surface area (Å²) in [7, 11) is -0.700. The number of ether oxygens (including phenoxy) is 1. The lowest BCUT2D eigenvalue weighted by Crippen LogP contribution is -2.33. The first-order valence-electron chi connectivity index (χ1n) is 6.50. The molecule has 116 valence electrons. The van der Waals surface area contributed by atoms with Crippen LogP contribution in [0.25, 0.3) is 0 Å². The van der Waals surface area contributed by atoms with Gasteiger partial charge in [-0.3, -0.25) is 0 Å². The van der Waals surface area contributed by atoms with Crippen LogP contribution in [-0.2, 0) is 20.7 Å². The fourth-order valence-corrected chi connectivity index (χ4v) is 1.90. The van der Waals surface area contributed by atoms with Gasteiger partial charge in [0.1, 0.15) is 5.82 Å². The second-order valence-corrected chi connectivity index (χ2v) is 5.00. The van der Waals surface area contributed by atoms with Crippen molar-refractivity contribution in [3.8, 4) is 0 Å². The first-order chi connectivity index (χ1) is 9.75. The minimum atomic E-state index is -4.44. The molecule has 0 radical (unpaired) electrons. The second kappa shape index (κ2) is 6.33. The molecule has 1 heterocycles. The molecule has 8 heteroatoms. The summed E-state index contributed by atoms with van der Waals surface area (Å²) in [5.74, 6) is -0.572. The van der Waals surface area contributed by atoms with Crippen LogP contribution in [0.4, 0.5) is 17.6 Å². The van der Waals surface area contributed by atoms with Crippen LogP contribution in [0.3, 0.4) is 0 Å². The van der Waals surface area contributed by atoms with Crippen LogP contribution in [0.15, 0.2) is 18.2 Å². The number of hydrogen-bond donors (Lipinski definition) is 0. The topological polar surface area (TPSA) is 27.7 Å². The van der Waals surface area contributed by atoms with Gasteiger partial charge in [-0.15, -0.1) is 0 Å². The number of halogens is 4. The minimum absolute atomic E-state index is 0.108. The molecule has 0 bridgehead atoms. The van der Waals surface area contributed by atoms with Gasteiger partial charge < -0.3 is 14.0 Å². The van der Waals surface area contributed by atoms with Crippen molar-refractivity contribution in [2.45, 2.75) is 38.8 Å². The Hall–Kier alpha value is -1.12. The minimum Gasteiger partial charge on any atom is -0.405 e. The van der Waals surface area contributed by atoms with Crippen molar-refractivity contribution in [1.82, 2.24) is 0 Å². The molecule has 0 saturated carbocycles. The van der Waals surface area contributed by atoms with Gasteiger partial charge in [-0.25, -0.2) is 4.39 Å². The Bertz CT molecular complexity index is 495. The highest BCUT2D eigenvalue weighted by molar-refractivity contribution is 6.61. The summed E-state index contributed by atoms with van der Waals surface area (Å²) in [5, 5.41) is 0. The molecule has 0 N–H and O–H groups in total. The third-order valence-corrected chi connectivity index (χ3v) is 3.05. The average molecular weight is 306 g/mol. The first-order valence-corrected chi connectivity index (χ1v) is 6.50. The normalized spacial score (nSPS) is 20.9. The fraction of sp³-hybridized carbons (Fsp3) is 0.538. The maximum atomic E-state index is 13.5. The molecule has 0 aromatic heterocycles. The van der Waals surface area contributed by atoms with Crippen molar-refractivity contribution >= 4 is 12.6 Å². The summed E-state index contributed by atoms with van der Waals surface area (Å²) < 4.78 is 66.1.